The number of carbonyl (C=O) groups is 1. The lowest BCUT2D eigenvalue weighted by molar-refractivity contribution is -0.129. The molecule has 1 rings (SSSR count). The summed E-state index contributed by atoms with van der Waals surface area (Å²) in [4.78, 5) is 14.8. The quantitative estimate of drug-likeness (QED) is 0.685. The second kappa shape index (κ2) is 6.16. The number of likely N-dealkylation sites (N-methyl/N-ethyl adjacent to an activating group) is 1. The van der Waals surface area contributed by atoms with Gasteiger partial charge in [-0.3, -0.25) is 4.79 Å². The molecule has 0 aliphatic rings. The number of amides is 1. The molecule has 7 heteroatoms. The molecule has 1 N–H and O–H groups in total. The van der Waals surface area contributed by atoms with Crippen molar-refractivity contribution in [3.63, 3.8) is 0 Å². The van der Waals surface area contributed by atoms with Crippen molar-refractivity contribution in [1.82, 2.24) is 30.4 Å². The zero-order valence-corrected chi connectivity index (χ0v) is 9.97. The van der Waals surface area contributed by atoms with Gasteiger partial charge in [-0.1, -0.05) is 0 Å². The van der Waals surface area contributed by atoms with E-state index < -0.39 is 0 Å². The van der Waals surface area contributed by atoms with E-state index in [4.69, 9.17) is 0 Å². The van der Waals surface area contributed by atoms with E-state index in [0.717, 1.165) is 13.1 Å². The van der Waals surface area contributed by atoms with Crippen LogP contribution in [-0.4, -0.2) is 50.6 Å². The van der Waals surface area contributed by atoms with Crippen molar-refractivity contribution in [3.05, 3.63) is 5.82 Å². The van der Waals surface area contributed by atoms with Gasteiger partial charge in [0.05, 0.1) is 20.1 Å². The van der Waals surface area contributed by atoms with Crippen LogP contribution >= 0.6 is 0 Å². The van der Waals surface area contributed by atoms with Gasteiger partial charge in [-0.25, -0.2) is 0 Å². The maximum Gasteiger partial charge on any atom is 0.236 e. The number of aromatic nitrogens is 4. The number of tetrazole rings is 1. The highest BCUT2D eigenvalue weighted by Gasteiger charge is 2.09. The van der Waals surface area contributed by atoms with E-state index in [-0.39, 0.29) is 5.91 Å². The van der Waals surface area contributed by atoms with E-state index in [1.807, 2.05) is 13.8 Å². The molecule has 16 heavy (non-hydrogen) atoms. The molecule has 0 aliphatic carbocycles. The molecule has 0 aliphatic heterocycles. The van der Waals surface area contributed by atoms with Crippen molar-refractivity contribution in [2.24, 2.45) is 7.05 Å². The average Bonchev–Trinajstić information content (AvgIpc) is 2.66. The fourth-order valence-electron chi connectivity index (χ4n) is 1.36. The molecule has 1 amide bonds. The molecule has 1 aromatic rings. The predicted molar refractivity (Wildman–Crippen MR) is 58.4 cm³/mol. The highest BCUT2D eigenvalue weighted by molar-refractivity contribution is 5.78. The molecule has 0 aromatic carbocycles. The van der Waals surface area contributed by atoms with Crippen LogP contribution in [0.3, 0.4) is 0 Å². The monoisotopic (exact) mass is 226 g/mol. The highest BCUT2D eigenvalue weighted by atomic mass is 16.2. The Labute approximate surface area is 94.8 Å². The summed E-state index contributed by atoms with van der Waals surface area (Å²) < 4.78 is 0. The lowest BCUT2D eigenvalue weighted by Gasteiger charge is -2.18. The van der Waals surface area contributed by atoms with Crippen molar-refractivity contribution < 1.29 is 4.79 Å². The summed E-state index contributed by atoms with van der Waals surface area (Å²) in [7, 11) is 1.71. The Morgan fingerprint density at radius 3 is 2.62 bits per heavy atom. The third-order valence-electron chi connectivity index (χ3n) is 2.23. The summed E-state index contributed by atoms with van der Waals surface area (Å²) >= 11 is 0. The Morgan fingerprint density at radius 1 is 1.44 bits per heavy atom. The van der Waals surface area contributed by atoms with Crippen molar-refractivity contribution in [1.29, 1.82) is 0 Å². The first-order valence-electron chi connectivity index (χ1n) is 5.38. The molecule has 0 fully saturated rings. The fourth-order valence-corrected chi connectivity index (χ4v) is 1.36. The molecule has 1 heterocycles. The van der Waals surface area contributed by atoms with E-state index in [1.54, 1.807) is 11.9 Å². The lowest BCUT2D eigenvalue weighted by atomic mass is 10.4. The molecular formula is C9H18N6O. The van der Waals surface area contributed by atoms with Crippen LogP contribution in [0, 0.1) is 0 Å². The van der Waals surface area contributed by atoms with E-state index in [1.165, 1.54) is 4.80 Å². The van der Waals surface area contributed by atoms with Crippen molar-refractivity contribution >= 4 is 5.91 Å². The minimum absolute atomic E-state index is 0.0916. The number of aryl methyl sites for hydroxylation is 1. The van der Waals surface area contributed by atoms with Crippen molar-refractivity contribution in [2.45, 2.75) is 20.4 Å². The molecule has 0 radical (unpaired) electrons. The molecule has 0 unspecified atom stereocenters. The molecule has 1 aromatic heterocycles. The van der Waals surface area contributed by atoms with Crippen LogP contribution in [-0.2, 0) is 18.4 Å². The third kappa shape index (κ3) is 3.58. The third-order valence-corrected chi connectivity index (χ3v) is 2.23. The number of carbonyl (C=O) groups excluding carboxylic acids is 1. The summed E-state index contributed by atoms with van der Waals surface area (Å²) in [5, 5.41) is 14.5. The standard InChI is InChI=1S/C9H18N6O/c1-4-15(5-2)9(16)7-10-6-8-11-13-14(3)12-8/h10H,4-7H2,1-3H3. The minimum atomic E-state index is 0.0916. The summed E-state index contributed by atoms with van der Waals surface area (Å²) in [5.41, 5.74) is 0. The molecule has 0 spiro atoms. The van der Waals surface area contributed by atoms with Gasteiger partial charge in [0, 0.05) is 13.1 Å². The first-order valence-corrected chi connectivity index (χ1v) is 5.38. The molecule has 0 atom stereocenters. The molecule has 7 nitrogen and oxygen atoms in total. The van der Waals surface area contributed by atoms with Crippen LogP contribution in [0.5, 0.6) is 0 Å². The largest absolute Gasteiger partial charge is 0.342 e. The lowest BCUT2D eigenvalue weighted by Crippen LogP contribution is -2.37. The van der Waals surface area contributed by atoms with Crippen LogP contribution in [0.4, 0.5) is 0 Å². The smallest absolute Gasteiger partial charge is 0.236 e. The molecule has 0 saturated carbocycles. The Bertz CT molecular complexity index is 332. The average molecular weight is 226 g/mol. The molecule has 90 valence electrons. The number of hydrogen-bond acceptors (Lipinski definition) is 5. The summed E-state index contributed by atoms with van der Waals surface area (Å²) in [6.07, 6.45) is 0. The summed E-state index contributed by atoms with van der Waals surface area (Å²) in [6.45, 7) is 6.17. The van der Waals surface area contributed by atoms with Crippen LogP contribution in [0.2, 0.25) is 0 Å². The second-order valence-electron chi connectivity index (χ2n) is 3.36. The van der Waals surface area contributed by atoms with E-state index in [2.05, 4.69) is 20.7 Å². The number of nitrogens with zero attached hydrogens (tertiary/aromatic N) is 5. The van der Waals surface area contributed by atoms with E-state index in [0.29, 0.717) is 18.9 Å². The first kappa shape index (κ1) is 12.6. The zero-order chi connectivity index (χ0) is 12.0. The maximum absolute atomic E-state index is 11.6. The van der Waals surface area contributed by atoms with Gasteiger partial charge in [0.2, 0.25) is 5.91 Å². The van der Waals surface area contributed by atoms with Gasteiger partial charge in [0.25, 0.3) is 0 Å². The van der Waals surface area contributed by atoms with Crippen LogP contribution in [0.1, 0.15) is 19.7 Å². The zero-order valence-electron chi connectivity index (χ0n) is 9.97. The van der Waals surface area contributed by atoms with Crippen molar-refractivity contribution in [3.8, 4) is 0 Å². The molecular weight excluding hydrogens is 208 g/mol. The van der Waals surface area contributed by atoms with Gasteiger partial charge in [-0.15, -0.1) is 10.2 Å². The topological polar surface area (TPSA) is 75.9 Å². The van der Waals surface area contributed by atoms with Gasteiger partial charge < -0.3 is 10.2 Å². The summed E-state index contributed by atoms with van der Waals surface area (Å²) in [5.74, 6) is 0.684. The maximum atomic E-state index is 11.6. The molecule has 0 saturated heterocycles. The first-order chi connectivity index (χ1) is 7.67. The Balaban J connectivity index is 2.27. The Hall–Kier alpha value is -1.50. The highest BCUT2D eigenvalue weighted by Crippen LogP contribution is 1.88. The van der Waals surface area contributed by atoms with Gasteiger partial charge in [0.1, 0.15) is 0 Å². The minimum Gasteiger partial charge on any atom is -0.342 e. The summed E-state index contributed by atoms with van der Waals surface area (Å²) in [6, 6.07) is 0. The Kier molecular flexibility index (Phi) is 4.84. The number of hydrogen-bond donors (Lipinski definition) is 1. The molecule has 0 bridgehead atoms. The number of nitrogens with one attached hydrogen (secondary N) is 1. The van der Waals surface area contributed by atoms with Crippen molar-refractivity contribution in [2.75, 3.05) is 19.6 Å². The normalized spacial score (nSPS) is 10.4. The van der Waals surface area contributed by atoms with Gasteiger partial charge in [-0.05, 0) is 19.1 Å². The van der Waals surface area contributed by atoms with Crippen LogP contribution in [0.25, 0.3) is 0 Å². The Morgan fingerprint density at radius 2 is 2.12 bits per heavy atom. The number of rotatable bonds is 6. The van der Waals surface area contributed by atoms with E-state index in [9.17, 15) is 4.79 Å². The van der Waals surface area contributed by atoms with Gasteiger partial charge in [0.15, 0.2) is 5.82 Å². The van der Waals surface area contributed by atoms with Gasteiger partial charge >= 0.3 is 0 Å². The fraction of sp³-hybridized carbons (Fsp3) is 0.778. The predicted octanol–water partition coefficient (Wildman–Crippen LogP) is -0.832. The second-order valence-corrected chi connectivity index (χ2v) is 3.36. The van der Waals surface area contributed by atoms with Gasteiger partial charge in [-0.2, -0.15) is 4.80 Å². The van der Waals surface area contributed by atoms with Crippen LogP contribution in [0.15, 0.2) is 0 Å². The SMILES string of the molecule is CCN(CC)C(=O)CNCc1nnn(C)n1. The van der Waals surface area contributed by atoms with E-state index >= 15 is 0 Å². The van der Waals surface area contributed by atoms with Crippen LogP contribution < -0.4 is 5.32 Å².